The minimum atomic E-state index is 0.243. The summed E-state index contributed by atoms with van der Waals surface area (Å²) >= 11 is 11.8. The number of aromatic nitrogens is 1. The van der Waals surface area contributed by atoms with E-state index in [-0.39, 0.29) is 5.71 Å². The molecule has 0 unspecified atom stereocenters. The molecule has 0 aliphatic carbocycles. The third-order valence-corrected chi connectivity index (χ3v) is 5.64. The van der Waals surface area contributed by atoms with Crippen LogP contribution in [0.25, 0.3) is 10.2 Å². The normalized spacial score (nSPS) is 11.5. The molecule has 23 heavy (non-hydrogen) atoms. The van der Waals surface area contributed by atoms with E-state index >= 15 is 0 Å². The summed E-state index contributed by atoms with van der Waals surface area (Å²) in [5, 5.41) is 14.2. The van der Waals surface area contributed by atoms with E-state index in [1.165, 1.54) is 11.3 Å². The van der Waals surface area contributed by atoms with Gasteiger partial charge >= 0.3 is 0 Å². The molecular weight excluding hydrogens is 508 g/mol. The highest BCUT2D eigenvalue weighted by Crippen LogP contribution is 2.34. The average Bonchev–Trinajstić information content (AvgIpc) is 2.93. The van der Waals surface area contributed by atoms with Crippen molar-refractivity contribution in [3.63, 3.8) is 0 Å². The topological polar surface area (TPSA) is 61.1 Å². The van der Waals surface area contributed by atoms with Crippen LogP contribution in [0, 0.1) is 11.3 Å². The van der Waals surface area contributed by atoms with Crippen molar-refractivity contribution < 1.29 is 0 Å². The number of hydrazone groups is 1. The van der Waals surface area contributed by atoms with Gasteiger partial charge in [0.1, 0.15) is 6.07 Å². The number of nitriles is 1. The molecule has 1 N–H and O–H groups in total. The molecule has 0 bridgehead atoms. The fourth-order valence-corrected chi connectivity index (χ4v) is 5.20. The molecule has 0 atom stereocenters. The summed E-state index contributed by atoms with van der Waals surface area (Å²) in [4.78, 5) is 4.45. The summed E-state index contributed by atoms with van der Waals surface area (Å²) < 4.78 is 3.60. The molecule has 114 valence electrons. The van der Waals surface area contributed by atoms with Gasteiger partial charge in [0, 0.05) is 13.4 Å². The highest BCUT2D eigenvalue weighted by atomic mass is 79.9. The Bertz CT molecular complexity index is 903. The van der Waals surface area contributed by atoms with Gasteiger partial charge < -0.3 is 0 Å². The second-order valence-corrected chi connectivity index (χ2v) is 8.07. The van der Waals surface area contributed by atoms with Crippen LogP contribution >= 0.6 is 59.1 Å². The lowest BCUT2D eigenvalue weighted by Gasteiger charge is -2.07. The maximum atomic E-state index is 9.38. The number of halogens is 3. The van der Waals surface area contributed by atoms with E-state index < -0.39 is 0 Å². The summed E-state index contributed by atoms with van der Waals surface area (Å²) in [6, 6.07) is 13.6. The number of hydrogen-bond donors (Lipinski definition) is 1. The van der Waals surface area contributed by atoms with Crippen LogP contribution in [0.3, 0.4) is 0 Å². The van der Waals surface area contributed by atoms with E-state index in [1.54, 1.807) is 0 Å². The van der Waals surface area contributed by atoms with E-state index in [0.717, 1.165) is 29.3 Å². The zero-order valence-corrected chi connectivity index (χ0v) is 16.9. The van der Waals surface area contributed by atoms with Crippen LogP contribution in [0.5, 0.6) is 0 Å². The zero-order chi connectivity index (χ0) is 16.4. The lowest BCUT2D eigenvalue weighted by atomic mass is 10.3. The Morgan fingerprint density at radius 2 is 1.87 bits per heavy atom. The largest absolute Gasteiger partial charge is 0.275 e. The highest BCUT2D eigenvalue weighted by Gasteiger charge is 2.11. The predicted octanol–water partition coefficient (Wildman–Crippen LogP) is 5.92. The van der Waals surface area contributed by atoms with Gasteiger partial charge in [-0.15, -0.1) is 11.3 Å². The van der Waals surface area contributed by atoms with Gasteiger partial charge in [-0.2, -0.15) is 10.4 Å². The summed E-state index contributed by atoms with van der Waals surface area (Å²) in [6.45, 7) is 0. The average molecular weight is 515 g/mol. The van der Waals surface area contributed by atoms with E-state index in [0.29, 0.717) is 5.01 Å². The maximum absolute atomic E-state index is 9.38. The fourth-order valence-electron chi connectivity index (χ4n) is 1.85. The first kappa shape index (κ1) is 16.6. The molecule has 0 radical (unpaired) electrons. The number of benzene rings is 2. The Hall–Kier alpha value is -1.27. The molecule has 0 aliphatic rings. The second kappa shape index (κ2) is 7.09. The molecule has 0 fully saturated rings. The zero-order valence-electron chi connectivity index (χ0n) is 11.3. The van der Waals surface area contributed by atoms with Gasteiger partial charge in [-0.25, -0.2) is 4.98 Å². The van der Waals surface area contributed by atoms with E-state index in [9.17, 15) is 5.26 Å². The monoisotopic (exact) mass is 512 g/mol. The van der Waals surface area contributed by atoms with E-state index in [2.05, 4.69) is 69.4 Å². The first-order valence-corrected chi connectivity index (χ1v) is 9.52. The number of nitrogens with zero attached hydrogens (tertiary/aromatic N) is 3. The van der Waals surface area contributed by atoms with Gasteiger partial charge in [0.25, 0.3) is 0 Å². The lowest BCUT2D eigenvalue weighted by Crippen LogP contribution is -2.02. The van der Waals surface area contributed by atoms with Gasteiger partial charge in [0.15, 0.2) is 10.7 Å². The minimum Gasteiger partial charge on any atom is -0.275 e. The number of nitrogens with one attached hydrogen (secondary N) is 1. The first-order valence-electron chi connectivity index (χ1n) is 6.33. The van der Waals surface area contributed by atoms with E-state index in [4.69, 9.17) is 0 Å². The molecule has 1 heterocycles. The quantitative estimate of drug-likeness (QED) is 0.348. The van der Waals surface area contributed by atoms with Crippen LogP contribution in [-0.2, 0) is 0 Å². The number of para-hydroxylation sites is 1. The molecule has 0 saturated heterocycles. The fraction of sp³-hybridized carbons (Fsp3) is 0. The van der Waals surface area contributed by atoms with Crippen LogP contribution in [0.15, 0.2) is 54.9 Å². The Morgan fingerprint density at radius 3 is 2.52 bits per heavy atom. The molecule has 3 aromatic rings. The number of anilines is 1. The molecular formula is C15H7Br3N4S. The van der Waals surface area contributed by atoms with Crippen LogP contribution < -0.4 is 5.43 Å². The summed E-state index contributed by atoms with van der Waals surface area (Å²) in [5.74, 6) is 0. The van der Waals surface area contributed by atoms with Crippen molar-refractivity contribution in [2.24, 2.45) is 5.10 Å². The SMILES string of the molecule is N#C/C(=N/Nc1c(Br)cc(Br)cc1Br)c1nc2ccccc2s1. The lowest BCUT2D eigenvalue weighted by molar-refractivity contribution is 1.30. The molecule has 3 rings (SSSR count). The molecule has 0 aliphatic heterocycles. The maximum Gasteiger partial charge on any atom is 0.196 e. The van der Waals surface area contributed by atoms with Crippen LogP contribution in [0.4, 0.5) is 5.69 Å². The van der Waals surface area contributed by atoms with Crippen molar-refractivity contribution >= 4 is 80.7 Å². The number of hydrogen-bond acceptors (Lipinski definition) is 5. The predicted molar refractivity (Wildman–Crippen MR) is 105 cm³/mol. The standard InChI is InChI=1S/C15H7Br3N4S/c16-8-5-9(17)14(10(18)6-8)22-21-12(7-19)15-20-11-3-1-2-4-13(11)23-15/h1-6,22H/b21-12-. The third-order valence-electron chi connectivity index (χ3n) is 2.89. The number of fused-ring (bicyclic) bond motifs is 1. The molecule has 1 aromatic heterocycles. The molecule has 0 saturated carbocycles. The minimum absolute atomic E-state index is 0.243. The smallest absolute Gasteiger partial charge is 0.196 e. The summed E-state index contributed by atoms with van der Waals surface area (Å²) in [5.41, 5.74) is 4.76. The van der Waals surface area contributed by atoms with Crippen molar-refractivity contribution in [2.45, 2.75) is 0 Å². The van der Waals surface area contributed by atoms with Crippen LogP contribution in [-0.4, -0.2) is 10.7 Å². The Balaban J connectivity index is 1.95. The van der Waals surface area contributed by atoms with Crippen molar-refractivity contribution in [1.29, 1.82) is 5.26 Å². The Kier molecular flexibility index (Phi) is 5.11. The number of rotatable bonds is 3. The molecule has 0 spiro atoms. The van der Waals surface area contributed by atoms with Gasteiger partial charge in [0.05, 0.1) is 15.9 Å². The highest BCUT2D eigenvalue weighted by molar-refractivity contribution is 9.11. The summed E-state index contributed by atoms with van der Waals surface area (Å²) in [6.07, 6.45) is 0. The summed E-state index contributed by atoms with van der Waals surface area (Å²) in [7, 11) is 0. The van der Waals surface area contributed by atoms with Gasteiger partial charge in [-0.3, -0.25) is 5.43 Å². The Morgan fingerprint density at radius 1 is 1.17 bits per heavy atom. The van der Waals surface area contributed by atoms with Gasteiger partial charge in [0.2, 0.25) is 0 Å². The van der Waals surface area contributed by atoms with E-state index in [1.807, 2.05) is 36.4 Å². The number of thiazole rings is 1. The van der Waals surface area contributed by atoms with Gasteiger partial charge in [-0.1, -0.05) is 28.1 Å². The molecule has 2 aromatic carbocycles. The van der Waals surface area contributed by atoms with Crippen LogP contribution in [0.2, 0.25) is 0 Å². The van der Waals surface area contributed by atoms with Gasteiger partial charge in [-0.05, 0) is 56.1 Å². The van der Waals surface area contributed by atoms with Crippen LogP contribution in [0.1, 0.15) is 5.01 Å². The molecule has 8 heteroatoms. The third kappa shape index (κ3) is 3.63. The second-order valence-electron chi connectivity index (χ2n) is 4.42. The molecule has 0 amide bonds. The van der Waals surface area contributed by atoms with Crippen molar-refractivity contribution in [2.75, 3.05) is 5.43 Å². The van der Waals surface area contributed by atoms with Crippen molar-refractivity contribution in [3.8, 4) is 6.07 Å². The first-order chi connectivity index (χ1) is 11.1. The van der Waals surface area contributed by atoms with Crippen molar-refractivity contribution in [1.82, 2.24) is 4.98 Å². The molecule has 4 nitrogen and oxygen atoms in total. The Labute approximate surface area is 161 Å². The van der Waals surface area contributed by atoms with Crippen molar-refractivity contribution in [3.05, 3.63) is 54.8 Å².